The van der Waals surface area contributed by atoms with Gasteiger partial charge in [0.1, 0.15) is 6.54 Å². The Morgan fingerprint density at radius 1 is 1.00 bits per heavy atom. The van der Waals surface area contributed by atoms with Gasteiger partial charge < -0.3 is 14.5 Å². The average Bonchev–Trinajstić information content (AvgIpc) is 1.99. The van der Waals surface area contributed by atoms with Crippen LogP contribution in [0.25, 0.3) is 0 Å². The molecule has 0 aliphatic rings. The molecule has 0 bridgehead atoms. The zero-order chi connectivity index (χ0) is 12.8. The van der Waals surface area contributed by atoms with Gasteiger partial charge >= 0.3 is 0 Å². The minimum atomic E-state index is -1.36. The Balaban J connectivity index is 0.000000385. The molecule has 0 spiro atoms. The fourth-order valence-corrected chi connectivity index (χ4v) is 1.13. The van der Waals surface area contributed by atoms with Crippen molar-refractivity contribution >= 4 is 22.2 Å². The van der Waals surface area contributed by atoms with Crippen molar-refractivity contribution in [2.45, 2.75) is 23.9 Å². The second-order valence-corrected chi connectivity index (χ2v) is 15.0. The molecule has 0 N–H and O–H groups in total. The maximum absolute atomic E-state index is 5.70. The van der Waals surface area contributed by atoms with Crippen LogP contribution in [0.4, 0.5) is 0 Å². The summed E-state index contributed by atoms with van der Waals surface area (Å²) in [5.41, 5.74) is 1.40. The lowest BCUT2D eigenvalue weighted by Crippen LogP contribution is -2.33. The molecule has 0 aliphatic heterocycles. The van der Waals surface area contributed by atoms with Crippen LogP contribution in [0.5, 0.6) is 0 Å². The molecule has 0 saturated heterocycles. The minimum absolute atomic E-state index is 0.990. The van der Waals surface area contributed by atoms with Gasteiger partial charge in [0.05, 0.1) is 21.1 Å². The van der Waals surface area contributed by atoms with Gasteiger partial charge in [-0.3, -0.25) is 0 Å². The first-order valence-corrected chi connectivity index (χ1v) is 11.1. The van der Waals surface area contributed by atoms with Crippen LogP contribution >= 0.6 is 10.0 Å². The van der Waals surface area contributed by atoms with E-state index in [2.05, 4.69) is 68.8 Å². The molecule has 0 fully saturated rings. The second-order valence-electron chi connectivity index (χ2n) is 6.32. The Morgan fingerprint density at radius 3 is 1.69 bits per heavy atom. The van der Waals surface area contributed by atoms with Gasteiger partial charge in [0.15, 0.2) is 0 Å². The summed E-state index contributed by atoms with van der Waals surface area (Å²) in [4.78, 5) is 0. The van der Waals surface area contributed by atoms with Crippen LogP contribution in [-0.4, -0.2) is 37.8 Å². The Kier molecular flexibility index (Phi) is 6.67. The summed E-state index contributed by atoms with van der Waals surface area (Å²) in [5.74, 6) is 6.36. The Morgan fingerprint density at radius 2 is 1.38 bits per heavy atom. The number of halogens is 1. The van der Waals surface area contributed by atoms with E-state index in [1.165, 1.54) is 5.56 Å². The molecule has 1 rings (SSSR count). The highest BCUT2D eigenvalue weighted by molar-refractivity contribution is 7.18. The normalized spacial score (nSPS) is 11.7. The smallest absolute Gasteiger partial charge is 0.231 e. The molecule has 0 heterocycles. The lowest BCUT2D eigenvalue weighted by atomic mass is 10.2. The van der Waals surface area contributed by atoms with Crippen LogP contribution in [0.1, 0.15) is 5.56 Å². The van der Waals surface area contributed by atoms with Gasteiger partial charge in [-0.05, 0) is 0 Å². The summed E-state index contributed by atoms with van der Waals surface area (Å²) in [6.45, 7) is 1.10. The van der Waals surface area contributed by atoms with Crippen molar-refractivity contribution in [3.05, 3.63) is 35.9 Å². The number of nitrogens with zero attached hydrogens (tertiary/aromatic N) is 1. The van der Waals surface area contributed by atoms with E-state index in [4.69, 9.17) is 10.0 Å². The molecule has 1 aromatic rings. The van der Waals surface area contributed by atoms with E-state index < -0.39 is 12.2 Å². The van der Waals surface area contributed by atoms with Crippen molar-refractivity contribution in [1.29, 1.82) is 0 Å². The van der Waals surface area contributed by atoms with E-state index in [1.807, 2.05) is 0 Å². The van der Waals surface area contributed by atoms with Crippen LogP contribution in [0.2, 0.25) is 17.4 Å². The molecule has 0 amide bonds. The number of hydrogen-bond donors (Lipinski definition) is 0. The first-order valence-electron chi connectivity index (χ1n) is 5.87. The molecule has 3 heteroatoms. The maximum Gasteiger partial charge on any atom is 0.231 e. The molecular formula is C13H25AlClN. The number of quaternary nitrogens is 1. The van der Waals surface area contributed by atoms with Gasteiger partial charge in [-0.2, -0.15) is 17.4 Å². The van der Waals surface area contributed by atoms with E-state index in [0.717, 1.165) is 11.0 Å². The first-order chi connectivity index (χ1) is 7.08. The lowest BCUT2D eigenvalue weighted by molar-refractivity contribution is -0.884. The molecule has 0 atom stereocenters. The van der Waals surface area contributed by atoms with Gasteiger partial charge in [0.25, 0.3) is 0 Å². The van der Waals surface area contributed by atoms with Crippen molar-refractivity contribution in [3.8, 4) is 0 Å². The average molecular weight is 258 g/mol. The van der Waals surface area contributed by atoms with Gasteiger partial charge in [0.2, 0.25) is 12.2 Å². The highest BCUT2D eigenvalue weighted by Gasteiger charge is 2.06. The van der Waals surface area contributed by atoms with Gasteiger partial charge in [-0.15, -0.1) is 0 Å². The first kappa shape index (κ1) is 16.0. The zero-order valence-electron chi connectivity index (χ0n) is 11.5. The van der Waals surface area contributed by atoms with E-state index in [0.29, 0.717) is 0 Å². The number of rotatable bonds is 2. The predicted octanol–water partition coefficient (Wildman–Crippen LogP) is 3.95. The predicted molar refractivity (Wildman–Crippen MR) is 77.4 cm³/mol. The van der Waals surface area contributed by atoms with Gasteiger partial charge in [0, 0.05) is 5.56 Å². The largest absolute Gasteiger partial charge is 0.443 e. The molecule has 16 heavy (non-hydrogen) atoms. The monoisotopic (exact) mass is 257 g/mol. The minimum Gasteiger partial charge on any atom is -0.443 e. The SMILES string of the molecule is C[N+](C)(C)Cc1ccccc1.[CH3][Al-]([CH3])([CH3])[Cl]. The van der Waals surface area contributed by atoms with E-state index in [1.54, 1.807) is 0 Å². The van der Waals surface area contributed by atoms with E-state index in [9.17, 15) is 0 Å². The number of benzene rings is 1. The van der Waals surface area contributed by atoms with Crippen LogP contribution in [0, 0.1) is 0 Å². The molecule has 1 aromatic carbocycles. The Labute approximate surface area is 108 Å². The quantitative estimate of drug-likeness (QED) is 0.556. The molecule has 0 saturated carbocycles. The zero-order valence-corrected chi connectivity index (χ0v) is 13.4. The third kappa shape index (κ3) is 14.0. The molecule has 1 nitrogen and oxygen atoms in total. The van der Waals surface area contributed by atoms with Crippen LogP contribution < -0.4 is 0 Å². The summed E-state index contributed by atoms with van der Waals surface area (Å²) < 4.78 is 0.990. The third-order valence-corrected chi connectivity index (χ3v) is 1.50. The molecule has 0 unspecified atom stereocenters. The van der Waals surface area contributed by atoms with Gasteiger partial charge in [-0.25, -0.2) is 0 Å². The Hall–Kier alpha value is 0.00247. The highest BCUT2D eigenvalue weighted by atomic mass is 35.6. The number of hydrogen-bond acceptors (Lipinski definition) is 0. The second kappa shape index (κ2) is 6.67. The summed E-state index contributed by atoms with van der Waals surface area (Å²) in [6, 6.07) is 10.6. The third-order valence-electron chi connectivity index (χ3n) is 1.50. The summed E-state index contributed by atoms with van der Waals surface area (Å²) in [6.07, 6.45) is 0. The summed E-state index contributed by atoms with van der Waals surface area (Å²) >= 11 is -1.36. The standard InChI is InChI=1S/C10H16N.3CH3.Al.ClH/c1-11(2,3)9-10-7-5-4-6-8-10;;;;;/h4-8H,9H2,1-3H3;3*1H3;;1H/q+1;;;;;/p-1. The molecule has 0 radical (unpaired) electrons. The van der Waals surface area contributed by atoms with Crippen molar-refractivity contribution in [3.63, 3.8) is 0 Å². The van der Waals surface area contributed by atoms with Crippen molar-refractivity contribution in [1.82, 2.24) is 0 Å². The van der Waals surface area contributed by atoms with Crippen LogP contribution in [-0.2, 0) is 6.54 Å². The molecule has 0 aromatic heterocycles. The summed E-state index contributed by atoms with van der Waals surface area (Å²) in [7, 11) is 12.3. The highest BCUT2D eigenvalue weighted by Crippen LogP contribution is 2.05. The van der Waals surface area contributed by atoms with Crippen molar-refractivity contribution in [2.75, 3.05) is 21.1 Å². The molecule has 92 valence electrons. The van der Waals surface area contributed by atoms with E-state index >= 15 is 0 Å². The van der Waals surface area contributed by atoms with Crippen LogP contribution in [0.15, 0.2) is 30.3 Å². The van der Waals surface area contributed by atoms with Crippen LogP contribution in [0.3, 0.4) is 0 Å². The topological polar surface area (TPSA) is 0 Å². The molecule has 0 aliphatic carbocycles. The van der Waals surface area contributed by atoms with Crippen molar-refractivity contribution < 1.29 is 4.48 Å². The van der Waals surface area contributed by atoms with Gasteiger partial charge in [-0.1, -0.05) is 30.3 Å². The summed E-state index contributed by atoms with van der Waals surface area (Å²) in [5, 5.41) is 0. The van der Waals surface area contributed by atoms with Crippen molar-refractivity contribution in [2.24, 2.45) is 0 Å². The fraction of sp³-hybridized carbons (Fsp3) is 0.538. The molecular weight excluding hydrogens is 233 g/mol. The maximum atomic E-state index is 5.70. The van der Waals surface area contributed by atoms with E-state index in [-0.39, 0.29) is 0 Å². The lowest BCUT2D eigenvalue weighted by Gasteiger charge is -2.23. The fourth-order valence-electron chi connectivity index (χ4n) is 1.13. The Bertz CT molecular complexity index is 279.